The van der Waals surface area contributed by atoms with E-state index in [-0.39, 0.29) is 21.5 Å². The first-order chi connectivity index (χ1) is 15.0. The summed E-state index contributed by atoms with van der Waals surface area (Å²) in [6.45, 7) is 2.44. The van der Waals surface area contributed by atoms with Gasteiger partial charge in [-0.25, -0.2) is 9.97 Å². The van der Waals surface area contributed by atoms with Gasteiger partial charge in [-0.2, -0.15) is 0 Å². The Morgan fingerprint density at radius 3 is 3.00 bits per heavy atom. The monoisotopic (exact) mass is 526 g/mol. The molecule has 0 fully saturated rings. The first kappa shape index (κ1) is 21.2. The van der Waals surface area contributed by atoms with E-state index in [1.54, 1.807) is 0 Å². The summed E-state index contributed by atoms with van der Waals surface area (Å²) in [7, 11) is 0. The van der Waals surface area contributed by atoms with Crippen molar-refractivity contribution in [3.8, 4) is 0 Å². The van der Waals surface area contributed by atoms with Crippen LogP contribution in [0.4, 0.5) is 11.6 Å². The highest BCUT2D eigenvalue weighted by molar-refractivity contribution is 14.1. The number of carbonyl (C=O) groups is 1. The SMILES string of the molecule is Cc1cccc2c1C(=O)N(C1=CC=CCC=C1)C(CNc1ncnc(N)c1C(=N)I)C2. The lowest BCUT2D eigenvalue weighted by Crippen LogP contribution is -2.48. The molecule has 1 amide bonds. The summed E-state index contributed by atoms with van der Waals surface area (Å²) in [6.07, 6.45) is 13.0. The van der Waals surface area contributed by atoms with Crippen LogP contribution in [-0.2, 0) is 6.42 Å². The molecule has 0 bridgehead atoms. The molecule has 1 aliphatic heterocycles. The van der Waals surface area contributed by atoms with Gasteiger partial charge < -0.3 is 16.0 Å². The number of nitrogens with zero attached hydrogens (tertiary/aromatic N) is 3. The van der Waals surface area contributed by atoms with E-state index in [0.29, 0.717) is 24.3 Å². The van der Waals surface area contributed by atoms with E-state index >= 15 is 0 Å². The lowest BCUT2D eigenvalue weighted by atomic mass is 9.89. The number of aryl methyl sites for hydroxylation is 1. The standard InChI is InChI=1S/C23H23IN6O/c1-14-7-6-8-15-11-17(12-27-22-19(20(24)25)21(26)28-13-29-22)30(23(31)18(14)15)16-9-4-2-3-5-10-16/h2,4-10,13,17,25H,3,11-12H2,1H3,(H3,26,27,28,29). The number of nitrogens with one attached hydrogen (secondary N) is 2. The van der Waals surface area contributed by atoms with Gasteiger partial charge in [0.2, 0.25) is 0 Å². The van der Waals surface area contributed by atoms with Crippen molar-refractivity contribution < 1.29 is 4.79 Å². The molecule has 0 saturated carbocycles. The molecule has 8 heteroatoms. The molecule has 0 radical (unpaired) electrons. The molecule has 7 nitrogen and oxygen atoms in total. The summed E-state index contributed by atoms with van der Waals surface area (Å²) >= 11 is 1.90. The number of nitrogen functional groups attached to an aromatic ring is 1. The van der Waals surface area contributed by atoms with Gasteiger partial charge in [-0.05, 0) is 65.6 Å². The topological polar surface area (TPSA) is 108 Å². The van der Waals surface area contributed by atoms with Crippen molar-refractivity contribution in [2.24, 2.45) is 0 Å². The molecule has 4 rings (SSSR count). The summed E-state index contributed by atoms with van der Waals surface area (Å²) in [5.74, 6) is 0.759. The van der Waals surface area contributed by atoms with Crippen LogP contribution in [0.25, 0.3) is 0 Å². The fraction of sp³-hybridized carbons (Fsp3) is 0.217. The number of benzene rings is 1. The lowest BCUT2D eigenvalue weighted by molar-refractivity contribution is 0.0737. The lowest BCUT2D eigenvalue weighted by Gasteiger charge is -2.38. The smallest absolute Gasteiger partial charge is 0.259 e. The van der Waals surface area contributed by atoms with Crippen LogP contribution in [0, 0.1) is 12.3 Å². The number of allylic oxidation sites excluding steroid dienone is 5. The Labute approximate surface area is 194 Å². The van der Waals surface area contributed by atoms with Crippen molar-refractivity contribution in [1.82, 2.24) is 14.9 Å². The minimum Gasteiger partial charge on any atom is -0.383 e. The molecule has 1 aliphatic carbocycles. The molecular weight excluding hydrogens is 503 g/mol. The van der Waals surface area contributed by atoms with E-state index < -0.39 is 0 Å². The number of hydrogen-bond donors (Lipinski definition) is 3. The fourth-order valence-corrected chi connectivity index (χ4v) is 4.55. The predicted octanol–water partition coefficient (Wildman–Crippen LogP) is 4.01. The summed E-state index contributed by atoms with van der Waals surface area (Å²) in [4.78, 5) is 23.8. The van der Waals surface area contributed by atoms with Crippen molar-refractivity contribution >= 4 is 43.9 Å². The van der Waals surface area contributed by atoms with Gasteiger partial charge in [-0.15, -0.1) is 0 Å². The van der Waals surface area contributed by atoms with Crippen LogP contribution < -0.4 is 11.1 Å². The Balaban J connectivity index is 1.70. The fourth-order valence-electron chi connectivity index (χ4n) is 4.02. The quantitative estimate of drug-likeness (QED) is 0.403. The molecule has 2 aliphatic rings. The number of aromatic nitrogens is 2. The third-order valence-corrected chi connectivity index (χ3v) is 6.00. The van der Waals surface area contributed by atoms with Crippen LogP contribution in [-0.4, -0.2) is 37.1 Å². The minimum atomic E-state index is -0.128. The first-order valence-corrected chi connectivity index (χ1v) is 11.1. The van der Waals surface area contributed by atoms with E-state index in [1.165, 1.54) is 6.33 Å². The van der Waals surface area contributed by atoms with Crippen LogP contribution in [0.15, 0.2) is 60.6 Å². The number of anilines is 2. The molecule has 1 aromatic carbocycles. The number of carbonyl (C=O) groups excluding carboxylic acids is 1. The molecule has 1 unspecified atom stereocenters. The molecule has 1 atom stereocenters. The zero-order chi connectivity index (χ0) is 22.0. The molecule has 158 valence electrons. The minimum absolute atomic E-state index is 0.00131. The first-order valence-electron chi connectivity index (χ1n) is 10.0. The Kier molecular flexibility index (Phi) is 6.17. The molecule has 0 saturated heterocycles. The van der Waals surface area contributed by atoms with Crippen molar-refractivity contribution in [1.29, 1.82) is 5.41 Å². The number of nitrogens with two attached hydrogens (primary N) is 1. The predicted molar refractivity (Wildman–Crippen MR) is 132 cm³/mol. The van der Waals surface area contributed by atoms with Gasteiger partial charge in [0.05, 0.1) is 11.6 Å². The normalized spacial score (nSPS) is 17.7. The second-order valence-electron chi connectivity index (χ2n) is 7.48. The van der Waals surface area contributed by atoms with Crippen LogP contribution in [0.3, 0.4) is 0 Å². The van der Waals surface area contributed by atoms with Gasteiger partial charge in [0.1, 0.15) is 21.7 Å². The van der Waals surface area contributed by atoms with E-state index in [0.717, 1.165) is 28.8 Å². The van der Waals surface area contributed by atoms with Gasteiger partial charge in [0.25, 0.3) is 5.91 Å². The average molecular weight is 526 g/mol. The van der Waals surface area contributed by atoms with Crippen LogP contribution in [0.2, 0.25) is 0 Å². The average Bonchev–Trinajstić information content (AvgIpc) is 3.01. The highest BCUT2D eigenvalue weighted by Crippen LogP contribution is 2.30. The Morgan fingerprint density at radius 1 is 1.35 bits per heavy atom. The largest absolute Gasteiger partial charge is 0.383 e. The van der Waals surface area contributed by atoms with Crippen molar-refractivity contribution in [2.75, 3.05) is 17.6 Å². The third kappa shape index (κ3) is 4.25. The summed E-state index contributed by atoms with van der Waals surface area (Å²) in [6, 6.07) is 5.87. The zero-order valence-corrected chi connectivity index (χ0v) is 19.3. The second kappa shape index (κ2) is 9.01. The number of fused-ring (bicyclic) bond motifs is 1. The number of hydrogen-bond acceptors (Lipinski definition) is 6. The van der Waals surface area contributed by atoms with Gasteiger partial charge in [-0.3, -0.25) is 10.2 Å². The van der Waals surface area contributed by atoms with Crippen molar-refractivity contribution in [2.45, 2.75) is 25.8 Å². The molecule has 1 aromatic heterocycles. The van der Waals surface area contributed by atoms with E-state index in [9.17, 15) is 4.79 Å². The van der Waals surface area contributed by atoms with Gasteiger partial charge in [0.15, 0.2) is 0 Å². The summed E-state index contributed by atoms with van der Waals surface area (Å²) in [5.41, 5.74) is 10.1. The van der Waals surface area contributed by atoms with Gasteiger partial charge in [-0.1, -0.05) is 36.4 Å². The number of halogens is 1. The number of amides is 1. The van der Waals surface area contributed by atoms with E-state index in [1.807, 2.05) is 70.8 Å². The van der Waals surface area contributed by atoms with Gasteiger partial charge >= 0.3 is 0 Å². The summed E-state index contributed by atoms with van der Waals surface area (Å²) in [5, 5.41) is 11.3. The molecule has 4 N–H and O–H groups in total. The molecule has 31 heavy (non-hydrogen) atoms. The molecular formula is C23H23IN6O. The van der Waals surface area contributed by atoms with E-state index in [4.69, 9.17) is 11.1 Å². The summed E-state index contributed by atoms with van der Waals surface area (Å²) < 4.78 is 0.260. The maximum absolute atomic E-state index is 13.6. The maximum Gasteiger partial charge on any atom is 0.259 e. The van der Waals surface area contributed by atoms with Crippen molar-refractivity contribution in [3.05, 3.63) is 82.9 Å². The van der Waals surface area contributed by atoms with Crippen molar-refractivity contribution in [3.63, 3.8) is 0 Å². The molecule has 0 spiro atoms. The number of rotatable bonds is 5. The highest BCUT2D eigenvalue weighted by atomic mass is 127. The van der Waals surface area contributed by atoms with Crippen LogP contribution in [0.5, 0.6) is 0 Å². The van der Waals surface area contributed by atoms with E-state index in [2.05, 4.69) is 27.4 Å². The zero-order valence-electron chi connectivity index (χ0n) is 17.1. The van der Waals surface area contributed by atoms with Crippen LogP contribution in [0.1, 0.15) is 33.5 Å². The third-order valence-electron chi connectivity index (χ3n) is 5.46. The Bertz CT molecular complexity index is 1140. The second-order valence-corrected chi connectivity index (χ2v) is 8.56. The molecule has 2 aromatic rings. The Morgan fingerprint density at radius 2 is 2.19 bits per heavy atom. The molecule has 2 heterocycles. The Hall–Kier alpha value is -3.01. The maximum atomic E-state index is 13.6. The van der Waals surface area contributed by atoms with Crippen LogP contribution >= 0.6 is 22.6 Å². The van der Waals surface area contributed by atoms with Gasteiger partial charge in [0, 0.05) is 17.8 Å². The highest BCUT2D eigenvalue weighted by Gasteiger charge is 2.35.